The van der Waals surface area contributed by atoms with E-state index in [1.54, 1.807) is 6.21 Å². The predicted molar refractivity (Wildman–Crippen MR) is 92.5 cm³/mol. The number of H-pyrrole nitrogens is 2. The third-order valence-corrected chi connectivity index (χ3v) is 4.15. The number of rotatable bonds is 5. The second-order valence-corrected chi connectivity index (χ2v) is 6.10. The van der Waals surface area contributed by atoms with Crippen LogP contribution in [0.5, 0.6) is 0 Å². The van der Waals surface area contributed by atoms with Gasteiger partial charge in [0.1, 0.15) is 0 Å². The lowest BCUT2D eigenvalue weighted by Gasteiger charge is -1.97. The van der Waals surface area contributed by atoms with E-state index in [-0.39, 0.29) is 11.7 Å². The summed E-state index contributed by atoms with van der Waals surface area (Å²) in [5.74, 6) is 0.139. The largest absolute Gasteiger partial charge is 0.315 e. The molecule has 0 radical (unpaired) electrons. The fourth-order valence-electron chi connectivity index (χ4n) is 2.05. The minimum absolute atomic E-state index is 0.148. The number of aromatic nitrogens is 2. The zero-order valence-corrected chi connectivity index (χ0v) is 13.5. The van der Waals surface area contributed by atoms with Gasteiger partial charge in [-0.3, -0.25) is 4.79 Å². The Morgan fingerprint density at radius 2 is 2.04 bits per heavy atom. The summed E-state index contributed by atoms with van der Waals surface area (Å²) in [4.78, 5) is 18.3. The van der Waals surface area contributed by atoms with Crippen molar-refractivity contribution < 1.29 is 9.78 Å². The third kappa shape index (κ3) is 4.20. The number of carbonyl (C=O) groups is 1. The Labute approximate surface area is 138 Å². The van der Waals surface area contributed by atoms with Gasteiger partial charge in [0.2, 0.25) is 0 Å². The number of amides is 1. The smallest absolute Gasteiger partial charge is 0.272 e. The van der Waals surface area contributed by atoms with E-state index in [2.05, 4.69) is 20.5 Å². The number of fused-ring (bicyclic) bond motifs is 1. The fourth-order valence-corrected chi connectivity index (χ4v) is 2.75. The minimum atomic E-state index is -0.148. The van der Waals surface area contributed by atoms with Gasteiger partial charge in [0.05, 0.1) is 12.0 Å². The van der Waals surface area contributed by atoms with Crippen molar-refractivity contribution >= 4 is 34.9 Å². The molecule has 0 bridgehead atoms. The number of nitrogens with zero attached hydrogens (tertiary/aromatic N) is 1. The Bertz CT molecular complexity index is 806. The standard InChI is InChI=1S/C17H16N4OS/c1-12-6-8-13(9-7-12)10-18-21-16(22)11-23-17-19-14-4-2-3-5-15(14)20-17/h2-10H,11H2,1H3,(H,19,20)(H,21,22)/p+1. The van der Waals surface area contributed by atoms with Crippen molar-refractivity contribution in [2.75, 3.05) is 5.75 Å². The molecular formula is C17H17N4OS+. The number of imidazole rings is 1. The molecular weight excluding hydrogens is 308 g/mol. The second-order valence-electron chi connectivity index (χ2n) is 5.12. The molecule has 0 saturated heterocycles. The highest BCUT2D eigenvalue weighted by molar-refractivity contribution is 7.99. The Balaban J connectivity index is 1.50. The maximum Gasteiger partial charge on any atom is 0.315 e. The van der Waals surface area contributed by atoms with E-state index in [4.69, 9.17) is 0 Å². The van der Waals surface area contributed by atoms with Crippen LogP contribution in [0.2, 0.25) is 0 Å². The van der Waals surface area contributed by atoms with Crippen molar-refractivity contribution in [1.82, 2.24) is 10.4 Å². The predicted octanol–water partition coefficient (Wildman–Crippen LogP) is 2.53. The third-order valence-electron chi connectivity index (χ3n) is 3.25. The second kappa shape index (κ2) is 7.11. The number of hydrogen-bond donors (Lipinski definition) is 2. The van der Waals surface area contributed by atoms with Gasteiger partial charge in [0.25, 0.3) is 5.91 Å². The molecule has 2 aromatic carbocycles. The first-order chi connectivity index (χ1) is 11.2. The number of thioether (sulfide) groups is 1. The minimum Gasteiger partial charge on any atom is -0.272 e. The zero-order valence-electron chi connectivity index (χ0n) is 12.7. The summed E-state index contributed by atoms with van der Waals surface area (Å²) in [6.07, 6.45) is 1.64. The normalized spacial score (nSPS) is 11.2. The number of carbonyl (C=O) groups excluding carboxylic acids is 1. The molecule has 1 heterocycles. The van der Waals surface area contributed by atoms with E-state index in [0.717, 1.165) is 21.8 Å². The molecule has 3 N–H and O–H groups in total. The van der Waals surface area contributed by atoms with Gasteiger partial charge in [0, 0.05) is 0 Å². The Kier molecular flexibility index (Phi) is 4.73. The molecule has 6 heteroatoms. The van der Waals surface area contributed by atoms with Crippen LogP contribution in [0.25, 0.3) is 11.0 Å². The van der Waals surface area contributed by atoms with Crippen LogP contribution in [-0.4, -0.2) is 22.9 Å². The molecule has 1 aromatic heterocycles. The quantitative estimate of drug-likeness (QED) is 0.430. The molecule has 116 valence electrons. The van der Waals surface area contributed by atoms with Crippen molar-refractivity contribution in [2.45, 2.75) is 12.1 Å². The van der Waals surface area contributed by atoms with Gasteiger partial charge in [-0.15, -0.1) is 0 Å². The molecule has 23 heavy (non-hydrogen) atoms. The van der Waals surface area contributed by atoms with E-state index < -0.39 is 0 Å². The molecule has 0 saturated carbocycles. The van der Waals surface area contributed by atoms with Gasteiger partial charge < -0.3 is 0 Å². The molecule has 0 spiro atoms. The summed E-state index contributed by atoms with van der Waals surface area (Å²) in [7, 11) is 0. The molecule has 0 aliphatic rings. The van der Waals surface area contributed by atoms with Gasteiger partial charge >= 0.3 is 5.16 Å². The lowest BCUT2D eigenvalue weighted by Crippen LogP contribution is -2.20. The van der Waals surface area contributed by atoms with Crippen LogP contribution >= 0.6 is 11.8 Å². The maximum absolute atomic E-state index is 11.8. The van der Waals surface area contributed by atoms with E-state index >= 15 is 0 Å². The van der Waals surface area contributed by atoms with Gasteiger partial charge in [-0.25, -0.2) is 15.4 Å². The summed E-state index contributed by atoms with van der Waals surface area (Å²) in [6, 6.07) is 15.8. The maximum atomic E-state index is 11.8. The topological polar surface area (TPSA) is 71.4 Å². The Morgan fingerprint density at radius 1 is 1.26 bits per heavy atom. The average molecular weight is 325 g/mol. The first-order valence-electron chi connectivity index (χ1n) is 7.22. The summed E-state index contributed by atoms with van der Waals surface area (Å²) >= 11 is 1.41. The SMILES string of the molecule is Cc1ccc(C=NNC(=O)CSc2[nH]c3ccccc3[nH+]2)cc1. The lowest BCUT2D eigenvalue weighted by atomic mass is 10.2. The number of hydrogen-bond acceptors (Lipinski definition) is 3. The van der Waals surface area contributed by atoms with E-state index in [1.165, 1.54) is 17.3 Å². The monoisotopic (exact) mass is 325 g/mol. The number of hydrazone groups is 1. The molecule has 3 rings (SSSR count). The van der Waals surface area contributed by atoms with Crippen LogP contribution in [0, 0.1) is 6.92 Å². The molecule has 0 aliphatic heterocycles. The van der Waals surface area contributed by atoms with Crippen LogP contribution in [0.3, 0.4) is 0 Å². The van der Waals surface area contributed by atoms with Gasteiger partial charge in [-0.05, 0) is 36.4 Å². The number of aromatic amines is 2. The number of benzene rings is 2. The van der Waals surface area contributed by atoms with E-state index in [1.807, 2.05) is 55.5 Å². The lowest BCUT2D eigenvalue weighted by molar-refractivity contribution is -0.396. The van der Waals surface area contributed by atoms with E-state index in [0.29, 0.717) is 0 Å². The van der Waals surface area contributed by atoms with Crippen molar-refractivity contribution in [3.05, 3.63) is 59.7 Å². The Hall–Kier alpha value is -2.60. The first kappa shape index (κ1) is 15.3. The number of aryl methyl sites for hydroxylation is 1. The van der Waals surface area contributed by atoms with Crippen molar-refractivity contribution in [3.63, 3.8) is 0 Å². The van der Waals surface area contributed by atoms with Crippen LogP contribution in [0.1, 0.15) is 11.1 Å². The molecule has 0 fully saturated rings. The average Bonchev–Trinajstić information content (AvgIpc) is 2.98. The Morgan fingerprint density at radius 3 is 2.83 bits per heavy atom. The fraction of sp³-hybridized carbons (Fsp3) is 0.118. The van der Waals surface area contributed by atoms with Crippen LogP contribution < -0.4 is 10.4 Å². The molecule has 0 aliphatic carbocycles. The first-order valence-corrected chi connectivity index (χ1v) is 8.21. The van der Waals surface area contributed by atoms with E-state index in [9.17, 15) is 4.79 Å². The van der Waals surface area contributed by atoms with Gasteiger partial charge in [0.15, 0.2) is 11.0 Å². The van der Waals surface area contributed by atoms with Crippen LogP contribution in [-0.2, 0) is 4.79 Å². The zero-order chi connectivity index (χ0) is 16.1. The number of para-hydroxylation sites is 2. The van der Waals surface area contributed by atoms with Gasteiger partial charge in [-0.1, -0.05) is 42.0 Å². The summed E-state index contributed by atoms with van der Waals surface area (Å²) in [6.45, 7) is 2.03. The summed E-state index contributed by atoms with van der Waals surface area (Å²) < 4.78 is 0. The molecule has 0 unspecified atom stereocenters. The molecule has 5 nitrogen and oxygen atoms in total. The van der Waals surface area contributed by atoms with Crippen molar-refractivity contribution in [3.8, 4) is 0 Å². The van der Waals surface area contributed by atoms with Crippen LogP contribution in [0.15, 0.2) is 58.8 Å². The number of nitrogens with one attached hydrogen (secondary N) is 3. The summed E-state index contributed by atoms with van der Waals surface area (Å²) in [5.41, 5.74) is 6.72. The summed E-state index contributed by atoms with van der Waals surface area (Å²) in [5, 5.41) is 4.82. The van der Waals surface area contributed by atoms with Crippen LogP contribution in [0.4, 0.5) is 0 Å². The highest BCUT2D eigenvalue weighted by atomic mass is 32.2. The molecule has 1 amide bonds. The molecule has 3 aromatic rings. The van der Waals surface area contributed by atoms with Gasteiger partial charge in [-0.2, -0.15) is 5.10 Å². The van der Waals surface area contributed by atoms with Crippen molar-refractivity contribution in [2.24, 2.45) is 5.10 Å². The highest BCUT2D eigenvalue weighted by Gasteiger charge is 2.11. The molecule has 0 atom stereocenters. The van der Waals surface area contributed by atoms with Crippen molar-refractivity contribution in [1.29, 1.82) is 0 Å². The highest BCUT2D eigenvalue weighted by Crippen LogP contribution is 2.14.